The predicted octanol–water partition coefficient (Wildman–Crippen LogP) is 3.87. The summed E-state index contributed by atoms with van der Waals surface area (Å²) in [6.07, 6.45) is 1.68. The molecule has 4 rings (SSSR count). The second kappa shape index (κ2) is 8.14. The molecule has 2 aromatic rings. The number of benzene rings is 2. The van der Waals surface area contributed by atoms with Gasteiger partial charge < -0.3 is 9.87 Å². The van der Waals surface area contributed by atoms with Crippen LogP contribution in [0.15, 0.2) is 48.5 Å². The zero-order valence-corrected chi connectivity index (χ0v) is 17.3. The molecular weight excluding hydrogens is 415 g/mol. The van der Waals surface area contributed by atoms with Gasteiger partial charge in [0.05, 0.1) is 18.5 Å². The van der Waals surface area contributed by atoms with Crippen LogP contribution in [0, 0.1) is 11.7 Å². The van der Waals surface area contributed by atoms with Gasteiger partial charge in [0.1, 0.15) is 21.5 Å². The molecule has 1 saturated heterocycles. The van der Waals surface area contributed by atoms with Crippen LogP contribution in [-0.4, -0.2) is 26.6 Å². The lowest BCUT2D eigenvalue weighted by Crippen LogP contribution is -2.40. The van der Waals surface area contributed by atoms with Gasteiger partial charge in [-0.2, -0.15) is 0 Å². The van der Waals surface area contributed by atoms with E-state index in [1.54, 1.807) is 24.3 Å². The van der Waals surface area contributed by atoms with E-state index in [0.717, 1.165) is 5.56 Å². The number of carbonyl (C=O) groups excluding carboxylic acids is 1. The molecule has 1 unspecified atom stereocenters. The molecular formula is C21H22ClFN2O3S. The molecule has 0 radical (unpaired) electrons. The molecule has 2 aliphatic rings. The van der Waals surface area contributed by atoms with Gasteiger partial charge in [-0.25, -0.2) is 4.39 Å². The molecule has 3 atom stereocenters. The zero-order chi connectivity index (χ0) is 20.6. The van der Waals surface area contributed by atoms with Crippen LogP contribution in [0.1, 0.15) is 36.4 Å². The molecule has 2 fully saturated rings. The molecule has 0 aromatic heterocycles. The van der Waals surface area contributed by atoms with E-state index in [0.29, 0.717) is 36.4 Å². The van der Waals surface area contributed by atoms with Crippen LogP contribution < -0.4 is 5.32 Å². The highest BCUT2D eigenvalue weighted by molar-refractivity contribution is 7.96. The van der Waals surface area contributed by atoms with E-state index < -0.39 is 22.4 Å². The third-order valence-electron chi connectivity index (χ3n) is 5.51. The first-order valence-corrected chi connectivity index (χ1v) is 11.5. The molecule has 1 heterocycles. The van der Waals surface area contributed by atoms with Gasteiger partial charge in [0.15, 0.2) is 0 Å². The number of hydrogen-bond donors (Lipinski definition) is 1. The lowest BCUT2D eigenvalue weighted by Gasteiger charge is -2.29. The highest BCUT2D eigenvalue weighted by Crippen LogP contribution is 2.45. The monoisotopic (exact) mass is 436 g/mol. The quantitative estimate of drug-likeness (QED) is 0.699. The van der Waals surface area contributed by atoms with Crippen molar-refractivity contribution < 1.29 is 17.9 Å². The van der Waals surface area contributed by atoms with Crippen molar-refractivity contribution in [1.29, 1.82) is 0 Å². The first-order valence-electron chi connectivity index (χ1n) is 9.63. The van der Waals surface area contributed by atoms with Gasteiger partial charge in [-0.05, 0) is 41.8 Å². The minimum absolute atomic E-state index is 0.141. The second-order valence-corrected chi connectivity index (χ2v) is 10.3. The number of sulfonamides is 1. The number of rotatable bonds is 6. The topological polar surface area (TPSA) is 72.5 Å². The van der Waals surface area contributed by atoms with Gasteiger partial charge in [-0.1, -0.05) is 40.1 Å². The molecule has 1 aliphatic carbocycles. The Bertz CT molecular complexity index is 951. The molecule has 1 N–H and O–H groups in total. The molecule has 1 amide bonds. The Labute approximate surface area is 175 Å². The van der Waals surface area contributed by atoms with Crippen molar-refractivity contribution >= 4 is 27.9 Å². The summed E-state index contributed by atoms with van der Waals surface area (Å²) in [5, 5.41) is 3.12. The molecule has 29 heavy (non-hydrogen) atoms. The average Bonchev–Trinajstić information content (AvgIpc) is 3.46. The minimum Gasteiger partial charge on any atom is -0.597 e. The van der Waals surface area contributed by atoms with E-state index in [-0.39, 0.29) is 23.5 Å². The number of carbonyl (C=O) groups is 1. The van der Waals surface area contributed by atoms with Crippen molar-refractivity contribution in [1.82, 2.24) is 9.62 Å². The summed E-state index contributed by atoms with van der Waals surface area (Å²) in [7, 11) is -3.47. The third kappa shape index (κ3) is 4.53. The second-order valence-electron chi connectivity index (χ2n) is 7.66. The standard InChI is InChI=1S/C21H22ClFN2O3S/c22-17-3-1-2-14(10-17)12-24-21(26)16-11-20(15-4-6-18(23)7-5-15)25(13-16)29(27,28)19-8-9-19/h1-7,10,16,19-20H,8-9,11-13H2,(H-,24,26,27,28)/t16-,20-/m1/s1. The number of amides is 1. The van der Waals surface area contributed by atoms with Gasteiger partial charge >= 0.3 is 0 Å². The highest BCUT2D eigenvalue weighted by Gasteiger charge is 2.52. The smallest absolute Gasteiger partial charge is 0.224 e. The average molecular weight is 437 g/mol. The zero-order valence-electron chi connectivity index (χ0n) is 15.7. The molecule has 5 nitrogen and oxygen atoms in total. The molecule has 1 aliphatic heterocycles. The van der Waals surface area contributed by atoms with Crippen molar-refractivity contribution in [2.24, 2.45) is 5.92 Å². The van der Waals surface area contributed by atoms with Gasteiger partial charge in [-0.3, -0.25) is 4.79 Å². The van der Waals surface area contributed by atoms with Gasteiger partial charge in [0.25, 0.3) is 0 Å². The lowest BCUT2D eigenvalue weighted by atomic mass is 9.99. The first kappa shape index (κ1) is 20.5. The fraction of sp³-hybridized carbons (Fsp3) is 0.381. The summed E-state index contributed by atoms with van der Waals surface area (Å²) in [6.45, 7) is 0.467. The minimum atomic E-state index is -3.47. The van der Waals surface area contributed by atoms with Crippen LogP contribution in [0.3, 0.4) is 0 Å². The van der Waals surface area contributed by atoms with Crippen LogP contribution in [0.5, 0.6) is 0 Å². The van der Waals surface area contributed by atoms with Crippen LogP contribution in [0.2, 0.25) is 5.02 Å². The van der Waals surface area contributed by atoms with Gasteiger partial charge in [0.2, 0.25) is 5.91 Å². The highest BCUT2D eigenvalue weighted by atomic mass is 35.5. The van der Waals surface area contributed by atoms with E-state index in [1.807, 2.05) is 12.1 Å². The fourth-order valence-electron chi connectivity index (χ4n) is 3.80. The van der Waals surface area contributed by atoms with Crippen molar-refractivity contribution in [3.05, 3.63) is 70.5 Å². The predicted molar refractivity (Wildman–Crippen MR) is 109 cm³/mol. The summed E-state index contributed by atoms with van der Waals surface area (Å²) in [5.74, 6) is -1.03. The number of halogens is 2. The molecule has 154 valence electrons. The Morgan fingerprint density at radius 2 is 1.97 bits per heavy atom. The van der Waals surface area contributed by atoms with Gasteiger partial charge in [-0.15, -0.1) is 4.31 Å². The summed E-state index contributed by atoms with van der Waals surface area (Å²) in [5.41, 5.74) is 1.59. The van der Waals surface area contributed by atoms with E-state index in [1.165, 1.54) is 16.4 Å². The van der Waals surface area contributed by atoms with E-state index >= 15 is 0 Å². The van der Waals surface area contributed by atoms with Gasteiger partial charge in [0, 0.05) is 24.4 Å². The Morgan fingerprint density at radius 1 is 1.24 bits per heavy atom. The summed E-state index contributed by atoms with van der Waals surface area (Å²) < 4.78 is 40.7. The molecule has 1 saturated carbocycles. The van der Waals surface area contributed by atoms with Crippen molar-refractivity contribution in [3.63, 3.8) is 0 Å². The van der Waals surface area contributed by atoms with E-state index in [2.05, 4.69) is 5.32 Å². The fourth-order valence-corrected chi connectivity index (χ4v) is 6.08. The van der Waals surface area contributed by atoms with E-state index in [4.69, 9.17) is 11.6 Å². The van der Waals surface area contributed by atoms with Crippen LogP contribution in [0.4, 0.5) is 4.39 Å². The SMILES string of the molecule is O=C(NCc1cccc(Cl)c1)[C@@H]1C[C@H](c2ccc(F)cc2)N([S+](=O)([O-])C2CC2)C1. The first-order chi connectivity index (χ1) is 13.8. The summed E-state index contributed by atoms with van der Waals surface area (Å²) >= 11 is 5.98. The Balaban J connectivity index is 1.50. The Hall–Kier alpha value is -1.80. The van der Waals surface area contributed by atoms with Crippen LogP contribution in [-0.2, 0) is 25.9 Å². The van der Waals surface area contributed by atoms with Crippen molar-refractivity contribution in [3.8, 4) is 0 Å². The van der Waals surface area contributed by atoms with Crippen LogP contribution in [0.25, 0.3) is 0 Å². The van der Waals surface area contributed by atoms with Crippen molar-refractivity contribution in [2.45, 2.75) is 37.1 Å². The molecule has 2 aromatic carbocycles. The third-order valence-corrected chi connectivity index (χ3v) is 8.12. The number of nitrogens with one attached hydrogen (secondary N) is 1. The summed E-state index contributed by atoms with van der Waals surface area (Å²) in [6, 6.07) is 12.6. The molecule has 0 spiro atoms. The van der Waals surface area contributed by atoms with E-state index in [9.17, 15) is 17.9 Å². The Kier molecular flexibility index (Phi) is 5.75. The largest absolute Gasteiger partial charge is 0.597 e. The number of nitrogens with zero attached hydrogens (tertiary/aromatic N) is 1. The number of hydrogen-bond acceptors (Lipinski definition) is 3. The maximum Gasteiger partial charge on any atom is 0.224 e. The van der Waals surface area contributed by atoms with Crippen LogP contribution >= 0.6 is 11.6 Å². The van der Waals surface area contributed by atoms with Crippen molar-refractivity contribution in [2.75, 3.05) is 6.54 Å². The maximum atomic E-state index is 13.3. The molecule has 0 bridgehead atoms. The molecule has 8 heteroatoms. The summed E-state index contributed by atoms with van der Waals surface area (Å²) in [4.78, 5) is 12.8. The maximum absolute atomic E-state index is 13.3. The Morgan fingerprint density at radius 3 is 2.62 bits per heavy atom. The lowest BCUT2D eigenvalue weighted by molar-refractivity contribution is -0.124. The normalized spacial score (nSPS) is 24.2.